The summed E-state index contributed by atoms with van der Waals surface area (Å²) in [7, 11) is 0. The van der Waals surface area contributed by atoms with Crippen molar-refractivity contribution in [1.82, 2.24) is 4.98 Å². The maximum Gasteiger partial charge on any atom is 0.337 e. The number of carboxylic acid groups (broad SMARTS) is 1. The van der Waals surface area contributed by atoms with E-state index in [2.05, 4.69) is 20.9 Å². The van der Waals surface area contributed by atoms with Crippen LogP contribution >= 0.6 is 27.5 Å². The van der Waals surface area contributed by atoms with Gasteiger partial charge in [0.2, 0.25) is 0 Å². The molecular weight excluding hydrogens is 295 g/mol. The van der Waals surface area contributed by atoms with Crippen LogP contribution in [0.5, 0.6) is 0 Å². The van der Waals surface area contributed by atoms with E-state index in [1.807, 2.05) is 0 Å². The Balaban J connectivity index is 3.44. The van der Waals surface area contributed by atoms with E-state index in [1.165, 1.54) is 0 Å². The maximum atomic E-state index is 12.6. The molecule has 1 aromatic heterocycles. The molecule has 0 amide bonds. The van der Waals surface area contributed by atoms with Crippen molar-refractivity contribution in [2.24, 2.45) is 0 Å². The number of aromatic nitrogens is 1. The third-order valence-corrected chi connectivity index (χ3v) is 2.66. The van der Waals surface area contributed by atoms with Crippen LogP contribution in [-0.2, 0) is 5.33 Å². The number of pyridine rings is 1. The van der Waals surface area contributed by atoms with Crippen LogP contribution in [0.2, 0.25) is 5.02 Å². The van der Waals surface area contributed by atoms with Crippen LogP contribution in [0.4, 0.5) is 8.78 Å². The van der Waals surface area contributed by atoms with Gasteiger partial charge in [0.05, 0.1) is 21.8 Å². The van der Waals surface area contributed by atoms with Crippen LogP contribution in [-0.4, -0.2) is 16.1 Å². The molecule has 0 atom stereocenters. The topological polar surface area (TPSA) is 50.2 Å². The SMILES string of the molecule is O=C(O)c1cnc(CBr)c(Cl)c1C(F)F. The lowest BCUT2D eigenvalue weighted by molar-refractivity contribution is 0.0684. The van der Waals surface area contributed by atoms with E-state index < -0.39 is 23.5 Å². The third kappa shape index (κ3) is 2.43. The Morgan fingerprint density at radius 1 is 1.67 bits per heavy atom. The van der Waals surface area contributed by atoms with Crippen LogP contribution in [0, 0.1) is 0 Å². The lowest BCUT2D eigenvalue weighted by atomic mass is 10.1. The zero-order chi connectivity index (χ0) is 11.6. The molecule has 0 bridgehead atoms. The summed E-state index contributed by atoms with van der Waals surface area (Å²) in [5.74, 6) is -1.47. The highest BCUT2D eigenvalue weighted by molar-refractivity contribution is 9.08. The summed E-state index contributed by atoms with van der Waals surface area (Å²) in [6.07, 6.45) is -2.06. The number of aromatic carboxylic acids is 1. The number of carbonyl (C=O) groups is 1. The van der Waals surface area contributed by atoms with Crippen LogP contribution in [0.25, 0.3) is 0 Å². The Morgan fingerprint density at radius 3 is 2.67 bits per heavy atom. The molecule has 0 unspecified atom stereocenters. The summed E-state index contributed by atoms with van der Waals surface area (Å²) >= 11 is 8.63. The largest absolute Gasteiger partial charge is 0.478 e. The number of carboxylic acids is 1. The van der Waals surface area contributed by atoms with E-state index in [0.717, 1.165) is 6.20 Å². The van der Waals surface area contributed by atoms with E-state index in [0.29, 0.717) is 0 Å². The molecule has 0 aliphatic carbocycles. The molecule has 15 heavy (non-hydrogen) atoms. The molecule has 0 saturated heterocycles. The molecule has 0 aliphatic rings. The normalized spacial score (nSPS) is 10.7. The number of halogens is 4. The first-order valence-corrected chi connectivity index (χ1v) is 5.23. The van der Waals surface area contributed by atoms with E-state index in [1.54, 1.807) is 0 Å². The van der Waals surface area contributed by atoms with Crippen molar-refractivity contribution in [3.05, 3.63) is 28.0 Å². The number of hydrogen-bond donors (Lipinski definition) is 1. The average Bonchev–Trinajstić information content (AvgIpc) is 2.16. The van der Waals surface area contributed by atoms with Crippen molar-refractivity contribution in [3.8, 4) is 0 Å². The molecule has 3 nitrogen and oxygen atoms in total. The molecule has 0 fully saturated rings. The van der Waals surface area contributed by atoms with Crippen molar-refractivity contribution < 1.29 is 18.7 Å². The van der Waals surface area contributed by atoms with Gasteiger partial charge in [0.25, 0.3) is 6.43 Å². The minimum absolute atomic E-state index is 0.186. The fourth-order valence-electron chi connectivity index (χ4n) is 1.02. The molecule has 0 saturated carbocycles. The van der Waals surface area contributed by atoms with Gasteiger partial charge in [0.1, 0.15) is 0 Å². The first-order chi connectivity index (χ1) is 6.99. The number of hydrogen-bond acceptors (Lipinski definition) is 2. The highest BCUT2D eigenvalue weighted by atomic mass is 79.9. The molecular formula is C8H5BrClF2NO2. The number of rotatable bonds is 3. The summed E-state index contributed by atoms with van der Waals surface area (Å²) in [5, 5.41) is 8.54. The Morgan fingerprint density at radius 2 is 2.27 bits per heavy atom. The monoisotopic (exact) mass is 299 g/mol. The summed E-state index contributed by atoms with van der Waals surface area (Å²) < 4.78 is 25.1. The van der Waals surface area contributed by atoms with Gasteiger partial charge in [-0.25, -0.2) is 13.6 Å². The van der Waals surface area contributed by atoms with Gasteiger partial charge in [-0.05, 0) is 0 Å². The highest BCUT2D eigenvalue weighted by Crippen LogP contribution is 2.32. The molecule has 7 heteroatoms. The first-order valence-electron chi connectivity index (χ1n) is 3.73. The minimum Gasteiger partial charge on any atom is -0.478 e. The minimum atomic E-state index is -2.94. The van der Waals surface area contributed by atoms with Crippen molar-refractivity contribution in [2.75, 3.05) is 0 Å². The van der Waals surface area contributed by atoms with Crippen LogP contribution < -0.4 is 0 Å². The highest BCUT2D eigenvalue weighted by Gasteiger charge is 2.23. The van der Waals surface area contributed by atoms with E-state index >= 15 is 0 Å². The van der Waals surface area contributed by atoms with Gasteiger partial charge in [-0.15, -0.1) is 0 Å². The lowest BCUT2D eigenvalue weighted by Gasteiger charge is -2.09. The molecule has 0 aromatic carbocycles. The van der Waals surface area contributed by atoms with Gasteiger partial charge < -0.3 is 5.11 Å². The van der Waals surface area contributed by atoms with Crippen molar-refractivity contribution in [1.29, 1.82) is 0 Å². The Labute approximate surface area is 97.2 Å². The first kappa shape index (κ1) is 12.3. The average molecular weight is 300 g/mol. The van der Waals surface area contributed by atoms with Crippen LogP contribution in [0.1, 0.15) is 28.0 Å². The molecule has 1 aromatic rings. The summed E-state index contributed by atoms with van der Waals surface area (Å²) in [4.78, 5) is 14.3. The Hall–Kier alpha value is -0.750. The molecule has 1 heterocycles. The Bertz CT molecular complexity index is 400. The summed E-state index contributed by atoms with van der Waals surface area (Å²) in [6, 6.07) is 0. The van der Waals surface area contributed by atoms with E-state index in [-0.39, 0.29) is 16.0 Å². The predicted molar refractivity (Wildman–Crippen MR) is 53.8 cm³/mol. The maximum absolute atomic E-state index is 12.6. The van der Waals surface area contributed by atoms with Crippen molar-refractivity contribution in [2.45, 2.75) is 11.8 Å². The van der Waals surface area contributed by atoms with Gasteiger partial charge in [-0.1, -0.05) is 27.5 Å². The second kappa shape index (κ2) is 4.85. The second-order valence-corrected chi connectivity index (χ2v) is 3.52. The van der Waals surface area contributed by atoms with Gasteiger partial charge in [-0.2, -0.15) is 0 Å². The zero-order valence-electron chi connectivity index (χ0n) is 7.18. The Kier molecular flexibility index (Phi) is 3.98. The molecule has 1 rings (SSSR count). The van der Waals surface area contributed by atoms with Crippen molar-refractivity contribution in [3.63, 3.8) is 0 Å². The quantitative estimate of drug-likeness (QED) is 0.872. The van der Waals surface area contributed by atoms with E-state index in [4.69, 9.17) is 16.7 Å². The van der Waals surface area contributed by atoms with Gasteiger partial charge in [-0.3, -0.25) is 4.98 Å². The van der Waals surface area contributed by atoms with Crippen LogP contribution in [0.15, 0.2) is 6.20 Å². The smallest absolute Gasteiger partial charge is 0.337 e. The fraction of sp³-hybridized carbons (Fsp3) is 0.250. The second-order valence-electron chi connectivity index (χ2n) is 2.59. The predicted octanol–water partition coefficient (Wildman–Crippen LogP) is 3.27. The van der Waals surface area contributed by atoms with Crippen LogP contribution in [0.3, 0.4) is 0 Å². The van der Waals surface area contributed by atoms with Gasteiger partial charge >= 0.3 is 5.97 Å². The molecule has 82 valence electrons. The number of nitrogens with zero attached hydrogens (tertiary/aromatic N) is 1. The molecule has 1 N–H and O–H groups in total. The summed E-state index contributed by atoms with van der Waals surface area (Å²) in [5.41, 5.74) is -1.06. The molecule has 0 radical (unpaired) electrons. The summed E-state index contributed by atoms with van der Waals surface area (Å²) in [6.45, 7) is 0. The fourth-order valence-corrected chi connectivity index (χ4v) is 1.91. The van der Waals surface area contributed by atoms with E-state index in [9.17, 15) is 13.6 Å². The van der Waals surface area contributed by atoms with Gasteiger partial charge in [0.15, 0.2) is 0 Å². The molecule has 0 spiro atoms. The standard InChI is InChI=1S/C8H5BrClF2NO2/c9-1-4-6(10)5(7(11)12)3(2-13-4)8(14)15/h2,7H,1H2,(H,14,15). The lowest BCUT2D eigenvalue weighted by Crippen LogP contribution is -2.06. The zero-order valence-corrected chi connectivity index (χ0v) is 9.52. The number of alkyl halides is 3. The molecule has 0 aliphatic heterocycles. The van der Waals surface area contributed by atoms with Crippen molar-refractivity contribution >= 4 is 33.5 Å². The third-order valence-electron chi connectivity index (χ3n) is 1.70. The van der Waals surface area contributed by atoms with Gasteiger partial charge in [0, 0.05) is 11.5 Å².